The number of Topliss-reactive ketones (excluding diaryl/α,β-unsaturated/α-hetero) is 1. The molecule has 61 heavy (non-hydrogen) atoms. The second kappa shape index (κ2) is 33.0. The molecule has 0 aromatic heterocycles. The van der Waals surface area contributed by atoms with Crippen molar-refractivity contribution >= 4 is 49.8 Å². The average Bonchev–Trinajstić information content (AvgIpc) is 3.20. The van der Waals surface area contributed by atoms with E-state index < -0.39 is 34.1 Å². The summed E-state index contributed by atoms with van der Waals surface area (Å²) in [5.74, 6) is -1.51. The zero-order valence-corrected chi connectivity index (χ0v) is 35.4. The van der Waals surface area contributed by atoms with Crippen LogP contribution in [-0.2, 0) is 41.8 Å². The van der Waals surface area contributed by atoms with Gasteiger partial charge >= 0.3 is 53.8 Å². The number of benzene rings is 4. The van der Waals surface area contributed by atoms with Crippen LogP contribution >= 0.6 is 0 Å². The number of carbonyl (C=O) groups is 5. The molecule has 0 saturated heterocycles. The maximum atomic E-state index is 12.0. The maximum absolute atomic E-state index is 12.0. The van der Waals surface area contributed by atoms with Crippen molar-refractivity contribution in [3.63, 3.8) is 0 Å². The summed E-state index contributed by atoms with van der Waals surface area (Å²) >= 11 is 0. The molecule has 1 N–H and O–H groups in total. The second-order valence-corrected chi connectivity index (χ2v) is 11.8. The first-order chi connectivity index (χ1) is 27.3. The summed E-state index contributed by atoms with van der Waals surface area (Å²) in [4.78, 5) is 78.8. The summed E-state index contributed by atoms with van der Waals surface area (Å²) < 4.78 is 18.7. The second-order valence-electron chi connectivity index (χ2n) is 11.8. The standard InChI is InChI=1S/C20H22N2O6.C11H13NO4.C9H9NO3.2CH4.B.Na.H/c1-3-18(16-10-7-11-17(12-16)22(25)26)21(2)13-19(23)28-20(24)27-14-15-8-5-4-6-9-15;1-12-7-10(13)16-11(14)15-8-9-5-3-2-4-6-9;1-2-9(11)7-4-3-5-8(6-7)10(12)13;;;;;/h4-12,18H,3,13-14H2,1-2H3;2-6,12H,7-8H2,1H3;3-6H,2H2,1H3;2*1H4;;;/q;;;;;;+1;-1/t18-;;;;;;;/m1......./s1. The molecule has 4 aromatic carbocycles. The molecule has 4 rings (SSSR count). The topological polar surface area (TPSA) is 224 Å². The number of ether oxygens (including phenoxy) is 4. The van der Waals surface area contributed by atoms with Gasteiger partial charge in [-0.25, -0.2) is 9.59 Å². The molecule has 0 saturated carbocycles. The van der Waals surface area contributed by atoms with Crippen LogP contribution in [0.2, 0.25) is 0 Å². The fraction of sp³-hybridized carbons (Fsp3) is 0.310. The third-order valence-electron chi connectivity index (χ3n) is 7.58. The van der Waals surface area contributed by atoms with Crippen molar-refractivity contribution in [2.24, 2.45) is 0 Å². The predicted octanol–water partition coefficient (Wildman–Crippen LogP) is 5.14. The number of hydrogen-bond donors (Lipinski definition) is 1. The minimum Gasteiger partial charge on any atom is -1.00 e. The zero-order chi connectivity index (χ0) is 42.2. The summed E-state index contributed by atoms with van der Waals surface area (Å²) in [5, 5.41) is 23.9. The van der Waals surface area contributed by atoms with Crippen molar-refractivity contribution < 1.29 is 83.8 Å². The van der Waals surface area contributed by atoms with Crippen molar-refractivity contribution in [1.82, 2.24) is 10.2 Å². The Bertz CT molecular complexity index is 1970. The van der Waals surface area contributed by atoms with E-state index in [1.54, 1.807) is 56.3 Å². The Hall–Kier alpha value is -5.79. The molecule has 0 spiro atoms. The van der Waals surface area contributed by atoms with Crippen LogP contribution in [-0.4, -0.2) is 80.4 Å². The number of nitro groups is 2. The van der Waals surface area contributed by atoms with Crippen molar-refractivity contribution in [3.8, 4) is 0 Å². The van der Waals surface area contributed by atoms with Gasteiger partial charge in [0.05, 0.1) is 22.9 Å². The third kappa shape index (κ3) is 23.6. The number of nitrogens with zero attached hydrogens (tertiary/aromatic N) is 3. The van der Waals surface area contributed by atoms with Crippen LogP contribution in [0.25, 0.3) is 0 Å². The molecule has 0 aliphatic rings. The van der Waals surface area contributed by atoms with Gasteiger partial charge in [0.25, 0.3) is 11.4 Å². The van der Waals surface area contributed by atoms with E-state index in [9.17, 15) is 44.2 Å². The van der Waals surface area contributed by atoms with Crippen molar-refractivity contribution in [2.75, 3.05) is 27.2 Å². The normalized spacial score (nSPS) is 9.92. The van der Waals surface area contributed by atoms with E-state index in [0.29, 0.717) is 24.0 Å². The smallest absolute Gasteiger partial charge is 1.00 e. The zero-order valence-electron chi connectivity index (χ0n) is 34.4. The first kappa shape index (κ1) is 59.5. The van der Waals surface area contributed by atoms with E-state index in [1.165, 1.54) is 30.3 Å². The molecule has 4 aromatic rings. The van der Waals surface area contributed by atoms with Gasteiger partial charge in [0.2, 0.25) is 0 Å². The monoisotopic (exact) mass is 855 g/mol. The fourth-order valence-electron chi connectivity index (χ4n) is 4.85. The number of esters is 2. The van der Waals surface area contributed by atoms with Crippen LogP contribution in [0.15, 0.2) is 109 Å². The molecule has 1 atom stereocenters. The van der Waals surface area contributed by atoms with E-state index in [-0.39, 0.29) is 104 Å². The van der Waals surface area contributed by atoms with Crippen molar-refractivity contribution in [2.45, 2.75) is 60.8 Å². The number of carbonyl (C=O) groups excluding carboxylic acids is 5. The molecule has 0 unspecified atom stereocenters. The number of hydrogen-bond acceptors (Lipinski definition) is 15. The Morgan fingerprint density at radius 3 is 1.61 bits per heavy atom. The molecule has 3 radical (unpaired) electrons. The van der Waals surface area contributed by atoms with Gasteiger partial charge in [-0.2, -0.15) is 0 Å². The summed E-state index contributed by atoms with van der Waals surface area (Å²) in [5.41, 5.74) is 2.66. The average molecular weight is 856 g/mol. The summed E-state index contributed by atoms with van der Waals surface area (Å²) in [6, 6.07) is 29.9. The van der Waals surface area contributed by atoms with E-state index in [2.05, 4.69) is 14.8 Å². The number of nitro benzene ring substituents is 2. The molecule has 19 heteroatoms. The molecule has 0 aliphatic heterocycles. The Kier molecular flexibility index (Phi) is 32.2. The number of likely N-dealkylation sites (N-methyl/N-ethyl adjacent to an activating group) is 2. The Morgan fingerprint density at radius 2 is 1.16 bits per heavy atom. The molecular formula is C42H53BN4NaO13. The minimum atomic E-state index is -1.06. The molecular weight excluding hydrogens is 802 g/mol. The van der Waals surface area contributed by atoms with Gasteiger partial charge in [-0.15, -0.1) is 0 Å². The van der Waals surface area contributed by atoms with Crippen LogP contribution in [0, 0.1) is 20.2 Å². The van der Waals surface area contributed by atoms with E-state index in [4.69, 9.17) is 9.47 Å². The fourth-order valence-corrected chi connectivity index (χ4v) is 4.85. The van der Waals surface area contributed by atoms with E-state index >= 15 is 0 Å². The summed E-state index contributed by atoms with van der Waals surface area (Å²) in [6.45, 7) is 3.53. The molecule has 323 valence electrons. The number of non-ortho nitro benzene ring substituents is 2. The van der Waals surface area contributed by atoms with Crippen LogP contribution < -0.4 is 34.9 Å². The minimum absolute atomic E-state index is 0. The molecule has 0 fully saturated rings. The Morgan fingerprint density at radius 1 is 0.705 bits per heavy atom. The largest absolute Gasteiger partial charge is 1.00 e. The molecule has 0 aliphatic carbocycles. The van der Waals surface area contributed by atoms with Gasteiger partial charge in [0.15, 0.2) is 5.78 Å². The quantitative estimate of drug-likeness (QED) is 0.0408. The number of ketones is 1. The number of nitrogens with one attached hydrogen (secondary N) is 1. The molecule has 0 heterocycles. The van der Waals surface area contributed by atoms with Crippen molar-refractivity contribution in [3.05, 3.63) is 152 Å². The van der Waals surface area contributed by atoms with Gasteiger partial charge in [-0.05, 0) is 37.2 Å². The Balaban J connectivity index is -0.000000425. The third-order valence-corrected chi connectivity index (χ3v) is 7.58. The van der Waals surface area contributed by atoms with E-state index in [1.807, 2.05) is 55.5 Å². The van der Waals surface area contributed by atoms with Crippen LogP contribution in [0.3, 0.4) is 0 Å². The number of rotatable bonds is 15. The molecule has 0 bridgehead atoms. The maximum Gasteiger partial charge on any atom is 1.00 e. The van der Waals surface area contributed by atoms with Crippen molar-refractivity contribution in [1.29, 1.82) is 0 Å². The first-order valence-corrected chi connectivity index (χ1v) is 17.5. The predicted molar refractivity (Wildman–Crippen MR) is 226 cm³/mol. The van der Waals surface area contributed by atoms with Gasteiger partial charge in [0, 0.05) is 50.7 Å². The SMILES string of the molecule is C.C.CCC(=O)c1cccc([N+](=O)[O-])c1.CC[C@H](c1cccc([N+](=O)[O-])c1)N(C)CC(=O)OC(=O)OCc1ccccc1.CNCC(=O)OC(=O)OCc1ccccc1.[B].[H-].[Na+]. The van der Waals surface area contributed by atoms with Crippen LogP contribution in [0.5, 0.6) is 0 Å². The molecule has 0 amide bonds. The summed E-state index contributed by atoms with van der Waals surface area (Å²) in [6.07, 6.45) is -1.07. The summed E-state index contributed by atoms with van der Waals surface area (Å²) in [7, 11) is 3.26. The van der Waals surface area contributed by atoms with Crippen LogP contribution in [0.1, 0.15) is 76.1 Å². The Labute approximate surface area is 381 Å². The van der Waals surface area contributed by atoms with Gasteiger partial charge < -0.3 is 25.7 Å². The van der Waals surface area contributed by atoms with Gasteiger partial charge in [0.1, 0.15) is 13.2 Å². The van der Waals surface area contributed by atoms with Gasteiger partial charge in [-0.3, -0.25) is 39.5 Å². The van der Waals surface area contributed by atoms with Gasteiger partial charge in [-0.1, -0.05) is 114 Å². The van der Waals surface area contributed by atoms with E-state index in [0.717, 1.165) is 11.1 Å². The first-order valence-electron chi connectivity index (χ1n) is 17.5. The van der Waals surface area contributed by atoms with Crippen LogP contribution in [0.4, 0.5) is 21.0 Å². The molecule has 17 nitrogen and oxygen atoms in total.